The molecule has 0 atom stereocenters. The number of aromatic nitrogens is 1. The van der Waals surface area contributed by atoms with Crippen LogP contribution in [0.5, 0.6) is 0 Å². The van der Waals surface area contributed by atoms with Crippen LogP contribution in [0.25, 0.3) is 21.8 Å². The molecule has 23 heavy (non-hydrogen) atoms. The van der Waals surface area contributed by atoms with Gasteiger partial charge in [-0.15, -0.1) is 0 Å². The van der Waals surface area contributed by atoms with E-state index in [0.717, 1.165) is 11.1 Å². The summed E-state index contributed by atoms with van der Waals surface area (Å²) in [5, 5.41) is 2.46. The second kappa shape index (κ2) is 5.92. The highest BCUT2D eigenvalue weighted by Crippen LogP contribution is 2.29. The van der Waals surface area contributed by atoms with Crippen LogP contribution in [0, 0.1) is 0 Å². The molecule has 0 spiro atoms. The Balaban J connectivity index is 2.14. The maximum absolute atomic E-state index is 11.9. The summed E-state index contributed by atoms with van der Waals surface area (Å²) in [6.07, 6.45) is 0.591. The Hall–Kier alpha value is -2.55. The Morgan fingerprint density at radius 3 is 2.43 bits per heavy atom. The molecule has 0 radical (unpaired) electrons. The van der Waals surface area contributed by atoms with E-state index in [2.05, 4.69) is 54.1 Å². The van der Waals surface area contributed by atoms with Crippen molar-refractivity contribution < 1.29 is 9.53 Å². The first-order valence-electron chi connectivity index (χ1n) is 7.73. The van der Waals surface area contributed by atoms with Crippen LogP contribution < -0.4 is 0 Å². The first-order chi connectivity index (χ1) is 11.0. The number of aryl methyl sites for hydroxylation is 1. The fourth-order valence-electron chi connectivity index (χ4n) is 3.15. The van der Waals surface area contributed by atoms with Gasteiger partial charge in [0.25, 0.3) is 0 Å². The highest BCUT2D eigenvalue weighted by Gasteiger charge is 2.13. The van der Waals surface area contributed by atoms with Gasteiger partial charge in [0.1, 0.15) is 0 Å². The quantitative estimate of drug-likeness (QED) is 0.529. The van der Waals surface area contributed by atoms with Gasteiger partial charge in [-0.2, -0.15) is 0 Å². The molecule has 1 heterocycles. The van der Waals surface area contributed by atoms with Gasteiger partial charge in [0.2, 0.25) is 0 Å². The average Bonchev–Trinajstić information content (AvgIpc) is 2.85. The van der Waals surface area contributed by atoms with Crippen molar-refractivity contribution in [2.24, 2.45) is 7.05 Å². The van der Waals surface area contributed by atoms with E-state index in [1.165, 1.54) is 21.8 Å². The standard InChI is InChI=1S/C20H21NO2/c1-13(22)17(14(2)23-4)11-15-9-10-20-18(12-15)16-7-5-6-8-19(16)21(20)3/h5-10,12H,11H2,1-4H3/b17-14-. The van der Waals surface area contributed by atoms with Crippen LogP contribution >= 0.6 is 0 Å². The Labute approximate surface area is 136 Å². The number of rotatable bonds is 4. The van der Waals surface area contributed by atoms with E-state index >= 15 is 0 Å². The SMILES string of the molecule is CO/C(C)=C(/Cc1ccc2c(c1)c1ccccc1n2C)C(C)=O. The number of nitrogens with zero attached hydrogens (tertiary/aromatic N) is 1. The number of methoxy groups -OCH3 is 1. The number of hydrogen-bond acceptors (Lipinski definition) is 2. The summed E-state index contributed by atoms with van der Waals surface area (Å²) in [5.74, 6) is 0.748. The van der Waals surface area contributed by atoms with E-state index in [9.17, 15) is 4.79 Å². The lowest BCUT2D eigenvalue weighted by Crippen LogP contribution is -2.05. The highest BCUT2D eigenvalue weighted by molar-refractivity contribution is 6.08. The minimum atomic E-state index is 0.0577. The molecule has 0 saturated carbocycles. The van der Waals surface area contributed by atoms with Crippen molar-refractivity contribution in [1.82, 2.24) is 4.57 Å². The van der Waals surface area contributed by atoms with Crippen molar-refractivity contribution >= 4 is 27.6 Å². The number of Topliss-reactive ketones (excluding diaryl/α,β-unsaturated/α-hetero) is 1. The number of fused-ring (bicyclic) bond motifs is 3. The molecule has 2 aromatic carbocycles. The fraction of sp³-hybridized carbons (Fsp3) is 0.250. The molecule has 0 saturated heterocycles. The second-order valence-corrected chi connectivity index (χ2v) is 5.90. The van der Waals surface area contributed by atoms with Crippen LogP contribution in [0.2, 0.25) is 0 Å². The van der Waals surface area contributed by atoms with Crippen molar-refractivity contribution in [3.63, 3.8) is 0 Å². The van der Waals surface area contributed by atoms with E-state index < -0.39 is 0 Å². The number of carbonyl (C=O) groups is 1. The molecule has 118 valence electrons. The van der Waals surface area contributed by atoms with E-state index in [1.807, 2.05) is 6.92 Å². The number of hydrogen-bond donors (Lipinski definition) is 0. The molecule has 0 N–H and O–H groups in total. The van der Waals surface area contributed by atoms with Gasteiger partial charge >= 0.3 is 0 Å². The minimum Gasteiger partial charge on any atom is -0.501 e. The first kappa shape index (κ1) is 15.3. The van der Waals surface area contributed by atoms with Crippen LogP contribution in [0.3, 0.4) is 0 Å². The third-order valence-corrected chi connectivity index (χ3v) is 4.51. The van der Waals surface area contributed by atoms with Gasteiger partial charge in [0.15, 0.2) is 5.78 Å². The van der Waals surface area contributed by atoms with Gasteiger partial charge in [-0.1, -0.05) is 24.3 Å². The van der Waals surface area contributed by atoms with Crippen molar-refractivity contribution in [3.8, 4) is 0 Å². The Bertz CT molecular complexity index is 931. The first-order valence-corrected chi connectivity index (χ1v) is 7.73. The summed E-state index contributed by atoms with van der Waals surface area (Å²) in [6, 6.07) is 14.8. The number of ether oxygens (including phenoxy) is 1. The summed E-state index contributed by atoms with van der Waals surface area (Å²) >= 11 is 0. The molecule has 3 nitrogen and oxygen atoms in total. The van der Waals surface area contributed by atoms with Gasteiger partial charge < -0.3 is 9.30 Å². The predicted molar refractivity (Wildman–Crippen MR) is 94.5 cm³/mol. The van der Waals surface area contributed by atoms with Crippen LogP contribution in [-0.2, 0) is 23.0 Å². The number of allylic oxidation sites excluding steroid dienone is 2. The summed E-state index contributed by atoms with van der Waals surface area (Å²) in [5.41, 5.74) is 4.27. The number of carbonyl (C=O) groups excluding carboxylic acids is 1. The third-order valence-electron chi connectivity index (χ3n) is 4.51. The van der Waals surface area contributed by atoms with E-state index in [0.29, 0.717) is 12.2 Å². The average molecular weight is 307 g/mol. The molecule has 0 unspecified atom stereocenters. The number of ketones is 1. The fourth-order valence-corrected chi connectivity index (χ4v) is 3.15. The van der Waals surface area contributed by atoms with Gasteiger partial charge in [0, 0.05) is 40.8 Å². The van der Waals surface area contributed by atoms with Crippen molar-refractivity contribution in [1.29, 1.82) is 0 Å². The maximum Gasteiger partial charge on any atom is 0.159 e. The second-order valence-electron chi connectivity index (χ2n) is 5.90. The summed E-state index contributed by atoms with van der Waals surface area (Å²) in [7, 11) is 3.69. The van der Waals surface area contributed by atoms with E-state index in [-0.39, 0.29) is 5.78 Å². The Morgan fingerprint density at radius 1 is 1.04 bits per heavy atom. The smallest absolute Gasteiger partial charge is 0.159 e. The molecule has 0 aliphatic heterocycles. The molecular weight excluding hydrogens is 286 g/mol. The monoisotopic (exact) mass is 307 g/mol. The van der Waals surface area contributed by atoms with Crippen LogP contribution in [0.1, 0.15) is 19.4 Å². The molecule has 0 fully saturated rings. The molecule has 0 aliphatic rings. The van der Waals surface area contributed by atoms with Crippen molar-refractivity contribution in [3.05, 3.63) is 59.4 Å². The molecule has 0 aliphatic carbocycles. The molecule has 3 heteroatoms. The highest BCUT2D eigenvalue weighted by atomic mass is 16.5. The van der Waals surface area contributed by atoms with Gasteiger partial charge in [-0.05, 0) is 37.6 Å². The van der Waals surface area contributed by atoms with Crippen molar-refractivity contribution in [2.45, 2.75) is 20.3 Å². The molecule has 3 rings (SSSR count). The van der Waals surface area contributed by atoms with Crippen LogP contribution in [0.15, 0.2) is 53.8 Å². The van der Waals surface area contributed by atoms with Crippen LogP contribution in [0.4, 0.5) is 0 Å². The predicted octanol–water partition coefficient (Wildman–Crippen LogP) is 4.38. The third kappa shape index (κ3) is 2.63. The summed E-state index contributed by atoms with van der Waals surface area (Å²) in [6.45, 7) is 3.43. The molecular formula is C20H21NO2. The zero-order valence-corrected chi connectivity index (χ0v) is 14.0. The van der Waals surface area contributed by atoms with E-state index in [1.54, 1.807) is 14.0 Å². The van der Waals surface area contributed by atoms with Crippen LogP contribution in [-0.4, -0.2) is 17.5 Å². The Kier molecular flexibility index (Phi) is 3.95. The lowest BCUT2D eigenvalue weighted by Gasteiger charge is -2.09. The van der Waals surface area contributed by atoms with Crippen molar-refractivity contribution in [2.75, 3.05) is 7.11 Å². The van der Waals surface area contributed by atoms with E-state index in [4.69, 9.17) is 4.74 Å². The zero-order chi connectivity index (χ0) is 16.6. The maximum atomic E-state index is 11.9. The molecule has 0 bridgehead atoms. The molecule has 0 amide bonds. The van der Waals surface area contributed by atoms with Gasteiger partial charge in [-0.25, -0.2) is 0 Å². The lowest BCUT2D eigenvalue weighted by atomic mass is 9.99. The zero-order valence-electron chi connectivity index (χ0n) is 14.0. The van der Waals surface area contributed by atoms with Gasteiger partial charge in [0.05, 0.1) is 12.9 Å². The normalized spacial score (nSPS) is 12.5. The minimum absolute atomic E-state index is 0.0577. The molecule has 3 aromatic rings. The number of para-hydroxylation sites is 1. The largest absolute Gasteiger partial charge is 0.501 e. The van der Waals surface area contributed by atoms with Gasteiger partial charge in [-0.3, -0.25) is 4.79 Å². The number of benzene rings is 2. The summed E-state index contributed by atoms with van der Waals surface area (Å²) in [4.78, 5) is 11.9. The lowest BCUT2D eigenvalue weighted by molar-refractivity contribution is -0.113. The topological polar surface area (TPSA) is 31.2 Å². The summed E-state index contributed by atoms with van der Waals surface area (Å²) < 4.78 is 7.47. The Morgan fingerprint density at radius 2 is 1.74 bits per heavy atom. The molecule has 1 aromatic heterocycles.